The molecule has 1 saturated heterocycles. The van der Waals surface area contributed by atoms with E-state index >= 15 is 0 Å². The van der Waals surface area contributed by atoms with E-state index in [0.717, 1.165) is 13.1 Å². The van der Waals surface area contributed by atoms with Gasteiger partial charge in [-0.05, 0) is 31.1 Å². The van der Waals surface area contributed by atoms with Crippen LogP contribution in [-0.4, -0.2) is 30.6 Å². The highest BCUT2D eigenvalue weighted by molar-refractivity contribution is 5.74. The number of nitrogens with zero attached hydrogens (tertiary/aromatic N) is 1. The van der Waals surface area contributed by atoms with Gasteiger partial charge in [0.2, 0.25) is 0 Å². The lowest BCUT2D eigenvalue weighted by atomic mass is 9.68. The van der Waals surface area contributed by atoms with E-state index in [2.05, 4.69) is 11.9 Å². The summed E-state index contributed by atoms with van der Waals surface area (Å²) in [4.78, 5) is 13.8. The van der Waals surface area contributed by atoms with Crippen molar-refractivity contribution >= 4 is 6.03 Å². The zero-order chi connectivity index (χ0) is 12.1. The summed E-state index contributed by atoms with van der Waals surface area (Å²) in [5.74, 6) is 0. The molecule has 0 aromatic heterocycles. The molecular weight excluding hydrogens is 212 g/mol. The second-order valence-corrected chi connectivity index (χ2v) is 5.52. The quantitative estimate of drug-likeness (QED) is 0.735. The fourth-order valence-electron chi connectivity index (χ4n) is 3.26. The highest BCUT2D eigenvalue weighted by Crippen LogP contribution is 2.44. The van der Waals surface area contributed by atoms with Crippen molar-refractivity contribution in [3.63, 3.8) is 0 Å². The van der Waals surface area contributed by atoms with Crippen molar-refractivity contribution in [1.29, 1.82) is 0 Å². The van der Waals surface area contributed by atoms with Crippen LogP contribution in [0, 0.1) is 5.41 Å². The normalized spacial score (nSPS) is 23.4. The molecule has 2 aliphatic rings. The molecule has 2 rings (SSSR count). The Morgan fingerprint density at radius 3 is 2.41 bits per heavy atom. The van der Waals surface area contributed by atoms with Gasteiger partial charge in [-0.25, -0.2) is 4.79 Å². The van der Waals surface area contributed by atoms with Crippen molar-refractivity contribution in [1.82, 2.24) is 10.2 Å². The van der Waals surface area contributed by atoms with E-state index in [-0.39, 0.29) is 6.03 Å². The van der Waals surface area contributed by atoms with Crippen LogP contribution in [0.3, 0.4) is 0 Å². The molecule has 0 atom stereocenters. The van der Waals surface area contributed by atoms with Crippen molar-refractivity contribution < 1.29 is 4.79 Å². The number of carbonyl (C=O) groups excluding carboxylic acids is 1. The van der Waals surface area contributed by atoms with Crippen molar-refractivity contribution in [3.8, 4) is 0 Å². The molecule has 2 fully saturated rings. The van der Waals surface area contributed by atoms with E-state index in [4.69, 9.17) is 0 Å². The average molecular weight is 236 g/mol. The smallest absolute Gasteiger partial charge is 0.317 e. The van der Waals surface area contributed by atoms with Gasteiger partial charge >= 0.3 is 6.03 Å². The van der Waals surface area contributed by atoms with Gasteiger partial charge in [-0.3, -0.25) is 0 Å². The molecule has 1 N–H and O–H groups in total. The molecule has 1 heterocycles. The standard InChI is InChI=1S/C14H24N2O/c1-2-10-15-13(17)16-11-8-14(9-12-16)6-4-3-5-7-14/h2H,1,3-12H2,(H,15,17). The molecule has 2 amide bonds. The Morgan fingerprint density at radius 1 is 1.18 bits per heavy atom. The number of carbonyl (C=O) groups is 1. The van der Waals surface area contributed by atoms with Crippen LogP contribution in [0.5, 0.6) is 0 Å². The highest BCUT2D eigenvalue weighted by atomic mass is 16.2. The Morgan fingerprint density at radius 2 is 1.82 bits per heavy atom. The fraction of sp³-hybridized carbons (Fsp3) is 0.786. The first kappa shape index (κ1) is 12.5. The summed E-state index contributed by atoms with van der Waals surface area (Å²) in [6.07, 6.45) is 11.1. The third-order valence-electron chi connectivity index (χ3n) is 4.42. The molecular formula is C14H24N2O. The van der Waals surface area contributed by atoms with Crippen LogP contribution in [0.25, 0.3) is 0 Å². The number of rotatable bonds is 2. The SMILES string of the molecule is C=CCNC(=O)N1CCC2(CCCCC2)CC1. The number of amides is 2. The van der Waals surface area contributed by atoms with E-state index in [1.54, 1.807) is 6.08 Å². The Labute approximate surface area is 104 Å². The molecule has 17 heavy (non-hydrogen) atoms. The summed E-state index contributed by atoms with van der Waals surface area (Å²) >= 11 is 0. The van der Waals surface area contributed by atoms with Crippen LogP contribution in [-0.2, 0) is 0 Å². The molecule has 0 aromatic rings. The first-order valence-electron chi connectivity index (χ1n) is 6.89. The van der Waals surface area contributed by atoms with Crippen molar-refractivity contribution in [2.45, 2.75) is 44.9 Å². The van der Waals surface area contributed by atoms with Crippen molar-refractivity contribution in [2.75, 3.05) is 19.6 Å². The van der Waals surface area contributed by atoms with Gasteiger partial charge in [0, 0.05) is 19.6 Å². The lowest BCUT2D eigenvalue weighted by molar-refractivity contribution is 0.0815. The van der Waals surface area contributed by atoms with E-state index in [0.29, 0.717) is 12.0 Å². The lowest BCUT2D eigenvalue weighted by Crippen LogP contribution is -2.47. The molecule has 96 valence electrons. The largest absolute Gasteiger partial charge is 0.335 e. The fourth-order valence-corrected chi connectivity index (χ4v) is 3.26. The van der Waals surface area contributed by atoms with E-state index < -0.39 is 0 Å². The number of nitrogens with one attached hydrogen (secondary N) is 1. The van der Waals surface area contributed by atoms with Crippen molar-refractivity contribution in [2.24, 2.45) is 5.41 Å². The van der Waals surface area contributed by atoms with E-state index in [1.165, 1.54) is 44.9 Å². The maximum atomic E-state index is 11.8. The molecule has 1 spiro atoms. The van der Waals surface area contributed by atoms with Gasteiger partial charge < -0.3 is 10.2 Å². The summed E-state index contributed by atoms with van der Waals surface area (Å²) in [6.45, 7) is 6.05. The first-order chi connectivity index (χ1) is 8.26. The van der Waals surface area contributed by atoms with Gasteiger partial charge in [0.05, 0.1) is 0 Å². The molecule has 3 nitrogen and oxygen atoms in total. The predicted octanol–water partition coefficient (Wildman–Crippen LogP) is 2.93. The first-order valence-corrected chi connectivity index (χ1v) is 6.89. The Bertz CT molecular complexity index is 272. The van der Waals surface area contributed by atoms with Gasteiger partial charge in [-0.2, -0.15) is 0 Å². The molecule has 0 radical (unpaired) electrons. The minimum Gasteiger partial charge on any atom is -0.335 e. The van der Waals surface area contributed by atoms with Crippen LogP contribution < -0.4 is 5.32 Å². The van der Waals surface area contributed by atoms with Gasteiger partial charge in [-0.1, -0.05) is 25.3 Å². The predicted molar refractivity (Wildman–Crippen MR) is 69.9 cm³/mol. The van der Waals surface area contributed by atoms with Crippen molar-refractivity contribution in [3.05, 3.63) is 12.7 Å². The lowest BCUT2D eigenvalue weighted by Gasteiger charge is -2.44. The van der Waals surface area contributed by atoms with Crippen LogP contribution in [0.15, 0.2) is 12.7 Å². The van der Waals surface area contributed by atoms with Crippen LogP contribution in [0.1, 0.15) is 44.9 Å². The number of urea groups is 1. The van der Waals surface area contributed by atoms with Gasteiger partial charge in [-0.15, -0.1) is 6.58 Å². The zero-order valence-corrected chi connectivity index (χ0v) is 10.7. The average Bonchev–Trinajstić information content (AvgIpc) is 2.38. The number of likely N-dealkylation sites (tertiary alicyclic amines) is 1. The molecule has 1 aliphatic carbocycles. The molecule has 0 aromatic carbocycles. The van der Waals surface area contributed by atoms with Crippen LogP contribution in [0.2, 0.25) is 0 Å². The Hall–Kier alpha value is -0.990. The zero-order valence-electron chi connectivity index (χ0n) is 10.7. The van der Waals surface area contributed by atoms with Gasteiger partial charge in [0.1, 0.15) is 0 Å². The third-order valence-corrected chi connectivity index (χ3v) is 4.42. The minimum atomic E-state index is 0.0792. The molecule has 0 unspecified atom stereocenters. The van der Waals surface area contributed by atoms with E-state index in [1.807, 2.05) is 4.90 Å². The maximum Gasteiger partial charge on any atom is 0.317 e. The number of piperidine rings is 1. The minimum absolute atomic E-state index is 0.0792. The molecule has 1 saturated carbocycles. The summed E-state index contributed by atoms with van der Waals surface area (Å²) < 4.78 is 0. The highest BCUT2D eigenvalue weighted by Gasteiger charge is 2.36. The Balaban J connectivity index is 1.80. The third kappa shape index (κ3) is 3.02. The van der Waals surface area contributed by atoms with Crippen LogP contribution in [0.4, 0.5) is 4.79 Å². The summed E-state index contributed by atoms with van der Waals surface area (Å²) in [6, 6.07) is 0.0792. The second-order valence-electron chi connectivity index (χ2n) is 5.52. The molecule has 0 bridgehead atoms. The Kier molecular flexibility index (Phi) is 4.08. The number of hydrogen-bond acceptors (Lipinski definition) is 1. The maximum absolute atomic E-state index is 11.8. The second kappa shape index (κ2) is 5.56. The molecule has 3 heteroatoms. The summed E-state index contributed by atoms with van der Waals surface area (Å²) in [5, 5.41) is 2.86. The van der Waals surface area contributed by atoms with E-state index in [9.17, 15) is 4.79 Å². The van der Waals surface area contributed by atoms with Gasteiger partial charge in [0.25, 0.3) is 0 Å². The summed E-state index contributed by atoms with van der Waals surface area (Å²) in [5.41, 5.74) is 0.577. The number of hydrogen-bond donors (Lipinski definition) is 1. The monoisotopic (exact) mass is 236 g/mol. The van der Waals surface area contributed by atoms with Crippen LogP contribution >= 0.6 is 0 Å². The topological polar surface area (TPSA) is 32.3 Å². The van der Waals surface area contributed by atoms with Gasteiger partial charge in [0.15, 0.2) is 0 Å². The molecule has 1 aliphatic heterocycles. The summed E-state index contributed by atoms with van der Waals surface area (Å²) in [7, 11) is 0.